The van der Waals surface area contributed by atoms with Gasteiger partial charge in [0, 0.05) is 5.75 Å². The fourth-order valence-corrected chi connectivity index (χ4v) is 3.07. The molecule has 0 N–H and O–H groups in total. The van der Waals surface area contributed by atoms with E-state index in [1.807, 2.05) is 6.07 Å². The summed E-state index contributed by atoms with van der Waals surface area (Å²) in [4.78, 5) is -0.207. The first-order valence-corrected chi connectivity index (χ1v) is 7.21. The van der Waals surface area contributed by atoms with Crippen molar-refractivity contribution in [3.05, 3.63) is 65.7 Å². The first kappa shape index (κ1) is 14.4. The predicted octanol–water partition coefficient (Wildman–Crippen LogP) is 3.38. The zero-order valence-electron chi connectivity index (χ0n) is 10.4. The maximum atomic E-state index is 13.5. The molecule has 2 unspecified atom stereocenters. The van der Waals surface area contributed by atoms with E-state index in [0.29, 0.717) is 5.56 Å². The van der Waals surface area contributed by atoms with Crippen molar-refractivity contribution in [3.8, 4) is 6.07 Å². The Morgan fingerprint density at radius 2 is 1.85 bits per heavy atom. The fraction of sp³-hybridized carbons (Fsp3) is 0.133. The van der Waals surface area contributed by atoms with Gasteiger partial charge >= 0.3 is 0 Å². The molecule has 5 heteroatoms. The summed E-state index contributed by atoms with van der Waals surface area (Å²) in [7, 11) is -1.77. The van der Waals surface area contributed by atoms with E-state index in [-0.39, 0.29) is 10.6 Å². The van der Waals surface area contributed by atoms with Gasteiger partial charge in [0.15, 0.2) is 0 Å². The average Bonchev–Trinajstić information content (AvgIpc) is 2.48. The van der Waals surface area contributed by atoms with Gasteiger partial charge in [0.1, 0.15) is 11.6 Å². The normalized spacial score (nSPS) is 13.4. The van der Waals surface area contributed by atoms with E-state index in [4.69, 9.17) is 5.26 Å². The van der Waals surface area contributed by atoms with Crippen LogP contribution in [0.1, 0.15) is 11.5 Å². The Morgan fingerprint density at radius 1 is 1.15 bits per heavy atom. The number of hydrogen-bond acceptors (Lipinski definition) is 2. The average molecular weight is 291 g/mol. The van der Waals surface area contributed by atoms with E-state index in [0.717, 1.165) is 18.2 Å². The van der Waals surface area contributed by atoms with Gasteiger partial charge in [-0.2, -0.15) is 5.26 Å². The molecule has 0 radical (unpaired) electrons. The monoisotopic (exact) mass is 291 g/mol. The van der Waals surface area contributed by atoms with Crippen molar-refractivity contribution in [3.63, 3.8) is 0 Å². The van der Waals surface area contributed by atoms with Crippen LogP contribution in [0.2, 0.25) is 0 Å². The first-order valence-electron chi connectivity index (χ1n) is 5.90. The molecule has 0 spiro atoms. The molecule has 0 aromatic heterocycles. The van der Waals surface area contributed by atoms with Gasteiger partial charge in [-0.25, -0.2) is 8.78 Å². The van der Waals surface area contributed by atoms with Gasteiger partial charge in [-0.3, -0.25) is 4.21 Å². The van der Waals surface area contributed by atoms with Gasteiger partial charge in [-0.05, 0) is 23.8 Å². The summed E-state index contributed by atoms with van der Waals surface area (Å²) in [5, 5.41) is 9.15. The number of rotatable bonds is 4. The number of nitrogens with zero attached hydrogens (tertiary/aromatic N) is 1. The molecule has 0 amide bonds. The van der Waals surface area contributed by atoms with Crippen molar-refractivity contribution in [2.75, 3.05) is 5.75 Å². The highest BCUT2D eigenvalue weighted by molar-refractivity contribution is 7.85. The summed E-state index contributed by atoms with van der Waals surface area (Å²) < 4.78 is 38.7. The van der Waals surface area contributed by atoms with Gasteiger partial charge in [-0.1, -0.05) is 30.3 Å². The van der Waals surface area contributed by atoms with Gasteiger partial charge in [0.25, 0.3) is 0 Å². The molecule has 2 nitrogen and oxygen atoms in total. The van der Waals surface area contributed by atoms with Crippen molar-refractivity contribution in [1.29, 1.82) is 5.26 Å². The van der Waals surface area contributed by atoms with Crippen LogP contribution >= 0.6 is 0 Å². The van der Waals surface area contributed by atoms with Crippen molar-refractivity contribution < 1.29 is 13.0 Å². The number of benzene rings is 2. The number of halogens is 2. The highest BCUT2D eigenvalue weighted by atomic mass is 32.2. The van der Waals surface area contributed by atoms with Gasteiger partial charge < -0.3 is 0 Å². The Morgan fingerprint density at radius 3 is 2.50 bits per heavy atom. The van der Waals surface area contributed by atoms with Crippen molar-refractivity contribution in [1.82, 2.24) is 0 Å². The van der Waals surface area contributed by atoms with Gasteiger partial charge in [0.05, 0.1) is 27.7 Å². The van der Waals surface area contributed by atoms with Crippen LogP contribution in [0.25, 0.3) is 0 Å². The SMILES string of the molecule is N#CC(CS(=O)c1cc(F)ccc1F)c1ccccc1. The van der Waals surface area contributed by atoms with Crippen LogP contribution in [0.4, 0.5) is 8.78 Å². The molecular formula is C15H11F2NOS. The lowest BCUT2D eigenvalue weighted by Gasteiger charge is -2.09. The lowest BCUT2D eigenvalue weighted by molar-refractivity contribution is 0.571. The van der Waals surface area contributed by atoms with Crippen LogP contribution in [0, 0.1) is 23.0 Å². The number of nitriles is 1. The summed E-state index contributed by atoms with van der Waals surface area (Å²) in [5.74, 6) is -2.07. The predicted molar refractivity (Wildman–Crippen MR) is 72.4 cm³/mol. The second-order valence-corrected chi connectivity index (χ2v) is 5.64. The van der Waals surface area contributed by atoms with E-state index in [1.165, 1.54) is 0 Å². The van der Waals surface area contributed by atoms with Gasteiger partial charge in [0.2, 0.25) is 0 Å². The zero-order chi connectivity index (χ0) is 14.5. The van der Waals surface area contributed by atoms with E-state index in [9.17, 15) is 13.0 Å². The van der Waals surface area contributed by atoms with E-state index < -0.39 is 28.4 Å². The maximum absolute atomic E-state index is 13.5. The summed E-state index contributed by atoms with van der Waals surface area (Å²) in [5.41, 5.74) is 0.708. The molecule has 0 fully saturated rings. The van der Waals surface area contributed by atoms with Crippen molar-refractivity contribution in [2.45, 2.75) is 10.8 Å². The van der Waals surface area contributed by atoms with Crippen molar-refractivity contribution >= 4 is 10.8 Å². The summed E-state index contributed by atoms with van der Waals surface area (Å²) >= 11 is 0. The molecule has 2 aromatic rings. The molecule has 20 heavy (non-hydrogen) atoms. The van der Waals surface area contributed by atoms with Crippen LogP contribution in [0.15, 0.2) is 53.4 Å². The smallest absolute Gasteiger partial charge is 0.139 e. The second-order valence-electron chi connectivity index (χ2n) is 4.18. The highest BCUT2D eigenvalue weighted by Crippen LogP contribution is 2.21. The quantitative estimate of drug-likeness (QED) is 0.866. The summed E-state index contributed by atoms with van der Waals surface area (Å²) in [6, 6.07) is 13.7. The minimum atomic E-state index is -1.77. The molecule has 0 aliphatic heterocycles. The topological polar surface area (TPSA) is 40.9 Å². The van der Waals surface area contributed by atoms with Crippen molar-refractivity contribution in [2.24, 2.45) is 0 Å². The Hall–Kier alpha value is -2.06. The third-order valence-electron chi connectivity index (χ3n) is 2.81. The van der Waals surface area contributed by atoms with Crippen LogP contribution in [0.5, 0.6) is 0 Å². The molecule has 0 bridgehead atoms. The largest absolute Gasteiger partial charge is 0.254 e. The molecule has 0 saturated heterocycles. The van der Waals surface area contributed by atoms with Crippen LogP contribution in [0.3, 0.4) is 0 Å². The summed E-state index contributed by atoms with van der Waals surface area (Å²) in [6.07, 6.45) is 0. The fourth-order valence-electron chi connectivity index (χ4n) is 1.79. The van der Waals surface area contributed by atoms with E-state index in [2.05, 4.69) is 0 Å². The maximum Gasteiger partial charge on any atom is 0.139 e. The Bertz CT molecular complexity index is 667. The summed E-state index contributed by atoms with van der Waals surface area (Å²) in [6.45, 7) is 0. The third kappa shape index (κ3) is 3.28. The van der Waals surface area contributed by atoms with Crippen LogP contribution in [-0.2, 0) is 10.8 Å². The molecule has 0 heterocycles. The van der Waals surface area contributed by atoms with Crippen LogP contribution < -0.4 is 0 Å². The Labute approximate surface area is 118 Å². The Kier molecular flexibility index (Phi) is 4.59. The molecule has 0 saturated carbocycles. The lowest BCUT2D eigenvalue weighted by Crippen LogP contribution is -2.09. The van der Waals surface area contributed by atoms with E-state index >= 15 is 0 Å². The molecule has 0 aliphatic carbocycles. The van der Waals surface area contributed by atoms with Gasteiger partial charge in [-0.15, -0.1) is 0 Å². The molecule has 2 rings (SSSR count). The zero-order valence-corrected chi connectivity index (χ0v) is 11.2. The standard InChI is InChI=1S/C15H11F2NOS/c16-13-6-7-14(17)15(8-13)20(19)10-12(9-18)11-4-2-1-3-5-11/h1-8,12H,10H2. The molecule has 0 aliphatic rings. The molecule has 102 valence electrons. The molecule has 2 aromatic carbocycles. The minimum Gasteiger partial charge on any atom is -0.254 e. The first-order chi connectivity index (χ1) is 9.61. The molecular weight excluding hydrogens is 280 g/mol. The third-order valence-corrected chi connectivity index (χ3v) is 4.25. The molecule has 2 atom stereocenters. The lowest BCUT2D eigenvalue weighted by atomic mass is 10.0. The van der Waals surface area contributed by atoms with E-state index in [1.54, 1.807) is 30.3 Å². The highest BCUT2D eigenvalue weighted by Gasteiger charge is 2.18. The van der Waals surface area contributed by atoms with Crippen LogP contribution in [-0.4, -0.2) is 9.96 Å². The Balaban J connectivity index is 2.22. The second kappa shape index (κ2) is 6.40. The minimum absolute atomic E-state index is 0.0686. The number of hydrogen-bond donors (Lipinski definition) is 0.